The smallest absolute Gasteiger partial charge is 0.139 e. The summed E-state index contributed by atoms with van der Waals surface area (Å²) in [5.74, 6) is 0. The molecule has 0 bridgehead atoms. The molecule has 0 spiro atoms. The van der Waals surface area contributed by atoms with Gasteiger partial charge in [-0.15, -0.1) is 0 Å². The molecular weight excluding hydrogens is 235 g/mol. The number of rotatable bonds is 2. The highest BCUT2D eigenvalue weighted by atomic mass is 19.2. The largest absolute Gasteiger partial charge is 0.371 e. The van der Waals surface area contributed by atoms with Crippen molar-refractivity contribution >= 4 is 11.4 Å². The van der Waals surface area contributed by atoms with Gasteiger partial charge in [0, 0.05) is 24.1 Å². The summed E-state index contributed by atoms with van der Waals surface area (Å²) in [5.41, 5.74) is 1.78. The quantitative estimate of drug-likeness (QED) is 0.812. The lowest BCUT2D eigenvalue weighted by molar-refractivity contribution is -0.293. The molecule has 1 aromatic carbocycles. The van der Waals surface area contributed by atoms with Gasteiger partial charge in [0.1, 0.15) is 6.20 Å². The summed E-state index contributed by atoms with van der Waals surface area (Å²) in [7, 11) is 0. The van der Waals surface area contributed by atoms with Gasteiger partial charge >= 0.3 is 0 Å². The van der Waals surface area contributed by atoms with Crippen LogP contribution in [0.25, 0.3) is 0 Å². The predicted octanol–water partition coefficient (Wildman–Crippen LogP) is 2.09. The van der Waals surface area contributed by atoms with Crippen molar-refractivity contribution < 1.29 is 9.69 Å². The van der Waals surface area contributed by atoms with Crippen LogP contribution in [0.4, 0.5) is 15.9 Å². The Kier molecular flexibility index (Phi) is 2.81. The van der Waals surface area contributed by atoms with E-state index in [0.717, 1.165) is 18.8 Å². The molecule has 0 amide bonds. The molecule has 1 radical (unpaired) electrons. The first-order valence-electron chi connectivity index (χ1n) is 5.94. The third kappa shape index (κ3) is 1.89. The van der Waals surface area contributed by atoms with Gasteiger partial charge in [0.05, 0.1) is 11.9 Å². The molecule has 18 heavy (non-hydrogen) atoms. The van der Waals surface area contributed by atoms with Gasteiger partial charge in [0.2, 0.25) is 0 Å². The summed E-state index contributed by atoms with van der Waals surface area (Å²) >= 11 is 0. The zero-order chi connectivity index (χ0) is 12.5. The highest BCUT2D eigenvalue weighted by Gasteiger charge is 2.24. The molecule has 0 atom stereocenters. The lowest BCUT2D eigenvalue weighted by atomic mass is 10.2. The van der Waals surface area contributed by atoms with Gasteiger partial charge < -0.3 is 4.90 Å². The maximum atomic E-state index is 13.0. The number of hydrogen-bond donors (Lipinski definition) is 1. The fraction of sp³-hybridized carbons (Fsp3) is 0.333. The topological polar surface area (TPSA) is 33.2 Å². The van der Waals surface area contributed by atoms with Gasteiger partial charge in [-0.05, 0) is 31.0 Å². The van der Waals surface area contributed by atoms with Crippen LogP contribution in [0.3, 0.4) is 0 Å². The Labute approximate surface area is 105 Å². The zero-order valence-corrected chi connectivity index (χ0v) is 9.83. The summed E-state index contributed by atoms with van der Waals surface area (Å²) in [4.78, 5) is 2.28. The summed E-state index contributed by atoms with van der Waals surface area (Å²) in [6.45, 7) is 2.09. The SMILES string of the molecule is ON1N(F)[C]=CN1c1cccc(N2CCCC2)c1. The van der Waals surface area contributed by atoms with Gasteiger partial charge in [-0.2, -0.15) is 0 Å². The van der Waals surface area contributed by atoms with Crippen LogP contribution in [0, 0.1) is 6.20 Å². The third-order valence-electron chi connectivity index (χ3n) is 3.20. The molecule has 0 saturated carbocycles. The van der Waals surface area contributed by atoms with E-state index in [0.29, 0.717) is 11.0 Å². The fourth-order valence-electron chi connectivity index (χ4n) is 2.28. The normalized spacial score (nSPS) is 20.2. The van der Waals surface area contributed by atoms with Crippen LogP contribution in [-0.4, -0.2) is 28.8 Å². The first-order chi connectivity index (χ1) is 8.75. The first kappa shape index (κ1) is 11.3. The molecule has 95 valence electrons. The van der Waals surface area contributed by atoms with E-state index in [1.807, 2.05) is 18.2 Å². The second-order valence-corrected chi connectivity index (χ2v) is 4.35. The average Bonchev–Trinajstić information content (AvgIpc) is 3.02. The highest BCUT2D eigenvalue weighted by molar-refractivity contribution is 5.60. The molecule has 6 heteroatoms. The molecule has 1 aromatic rings. The Morgan fingerprint density at radius 1 is 1.17 bits per heavy atom. The maximum absolute atomic E-state index is 13.0. The Hall–Kier alpha value is -1.79. The van der Waals surface area contributed by atoms with Gasteiger partial charge in [-0.1, -0.05) is 15.8 Å². The van der Waals surface area contributed by atoms with Crippen molar-refractivity contribution in [3.8, 4) is 0 Å². The second-order valence-electron chi connectivity index (χ2n) is 4.35. The first-order valence-corrected chi connectivity index (χ1v) is 5.94. The summed E-state index contributed by atoms with van der Waals surface area (Å²) in [6, 6.07) is 7.64. The maximum Gasteiger partial charge on any atom is 0.139 e. The molecule has 1 saturated heterocycles. The highest BCUT2D eigenvalue weighted by Crippen LogP contribution is 2.28. The summed E-state index contributed by atoms with van der Waals surface area (Å²) in [5, 5.41) is 11.1. The molecule has 1 fully saturated rings. The van der Waals surface area contributed by atoms with E-state index in [1.54, 1.807) is 6.07 Å². The van der Waals surface area contributed by atoms with E-state index in [4.69, 9.17) is 0 Å². The van der Waals surface area contributed by atoms with Crippen molar-refractivity contribution in [2.75, 3.05) is 23.0 Å². The summed E-state index contributed by atoms with van der Waals surface area (Å²) < 4.78 is 13.0. The Balaban J connectivity index is 1.85. The van der Waals surface area contributed by atoms with Crippen molar-refractivity contribution in [1.29, 1.82) is 0 Å². The number of halogens is 1. The third-order valence-corrected chi connectivity index (χ3v) is 3.20. The van der Waals surface area contributed by atoms with Crippen LogP contribution in [0.2, 0.25) is 0 Å². The molecule has 2 aliphatic heterocycles. The van der Waals surface area contributed by atoms with Gasteiger partial charge in [-0.3, -0.25) is 5.21 Å². The molecule has 1 N–H and O–H groups in total. The lowest BCUT2D eigenvalue weighted by Crippen LogP contribution is -2.38. The summed E-state index contributed by atoms with van der Waals surface area (Å²) in [6.07, 6.45) is 5.97. The average molecular weight is 249 g/mol. The lowest BCUT2D eigenvalue weighted by Gasteiger charge is -2.25. The van der Waals surface area contributed by atoms with Gasteiger partial charge in [0.25, 0.3) is 0 Å². The van der Waals surface area contributed by atoms with E-state index in [-0.39, 0.29) is 5.23 Å². The van der Waals surface area contributed by atoms with Crippen LogP contribution >= 0.6 is 0 Å². The Morgan fingerprint density at radius 2 is 1.89 bits per heavy atom. The van der Waals surface area contributed by atoms with Crippen LogP contribution in [0.5, 0.6) is 0 Å². The van der Waals surface area contributed by atoms with Crippen molar-refractivity contribution in [2.24, 2.45) is 0 Å². The molecule has 0 aromatic heterocycles. The standard InChI is InChI=1S/C12H14FN4O/c13-16-9-8-15(17(16)18)12-5-3-4-11(10-12)14-6-1-2-7-14/h3-5,8,10,18H,1-2,6-7H2. The van der Waals surface area contributed by atoms with Crippen molar-refractivity contribution in [3.05, 3.63) is 36.7 Å². The van der Waals surface area contributed by atoms with E-state index >= 15 is 0 Å². The number of anilines is 2. The van der Waals surface area contributed by atoms with E-state index in [2.05, 4.69) is 11.1 Å². The number of hydrogen-bond acceptors (Lipinski definition) is 5. The predicted molar refractivity (Wildman–Crippen MR) is 64.8 cm³/mol. The Bertz CT molecular complexity index is 461. The van der Waals surface area contributed by atoms with Crippen molar-refractivity contribution in [2.45, 2.75) is 12.8 Å². The fourth-order valence-corrected chi connectivity index (χ4v) is 2.28. The molecule has 2 aliphatic rings. The number of hydrazine groups is 2. The molecule has 0 aliphatic carbocycles. The molecule has 3 rings (SSSR count). The molecule has 2 heterocycles. The molecular formula is C12H14FN4O. The Morgan fingerprint density at radius 3 is 2.56 bits per heavy atom. The van der Waals surface area contributed by atoms with Crippen molar-refractivity contribution in [3.63, 3.8) is 0 Å². The molecule has 0 unspecified atom stereocenters. The minimum absolute atomic E-state index is 0.0114. The number of nitrogens with zero attached hydrogens (tertiary/aromatic N) is 4. The zero-order valence-electron chi connectivity index (χ0n) is 9.83. The van der Waals surface area contributed by atoms with E-state index < -0.39 is 0 Å². The molecule has 5 nitrogen and oxygen atoms in total. The number of benzene rings is 1. The van der Waals surface area contributed by atoms with E-state index in [9.17, 15) is 9.69 Å². The minimum Gasteiger partial charge on any atom is -0.371 e. The van der Waals surface area contributed by atoms with Crippen molar-refractivity contribution in [1.82, 2.24) is 10.5 Å². The van der Waals surface area contributed by atoms with Crippen LogP contribution < -0.4 is 9.91 Å². The van der Waals surface area contributed by atoms with E-state index in [1.165, 1.54) is 24.1 Å². The minimum atomic E-state index is -0.0114. The monoisotopic (exact) mass is 249 g/mol. The van der Waals surface area contributed by atoms with Crippen LogP contribution in [0.1, 0.15) is 12.8 Å². The van der Waals surface area contributed by atoms with Gasteiger partial charge in [-0.25, -0.2) is 5.01 Å². The second kappa shape index (κ2) is 4.47. The van der Waals surface area contributed by atoms with Gasteiger partial charge in [0.15, 0.2) is 0 Å². The van der Waals surface area contributed by atoms with Crippen LogP contribution in [0.15, 0.2) is 30.5 Å². The van der Waals surface area contributed by atoms with Crippen LogP contribution in [-0.2, 0) is 0 Å².